The normalized spacial score (nSPS) is 18.1. The molecule has 2 aliphatic rings. The van der Waals surface area contributed by atoms with Crippen LogP contribution in [0.4, 0.5) is 11.5 Å². The number of hydrogen-bond acceptors (Lipinski definition) is 5. The predicted molar refractivity (Wildman–Crippen MR) is 124 cm³/mol. The van der Waals surface area contributed by atoms with Crippen molar-refractivity contribution in [3.63, 3.8) is 0 Å². The number of pyridine rings is 1. The van der Waals surface area contributed by atoms with Gasteiger partial charge in [0.1, 0.15) is 5.82 Å². The van der Waals surface area contributed by atoms with Crippen LogP contribution in [0.1, 0.15) is 5.56 Å². The van der Waals surface area contributed by atoms with Gasteiger partial charge in [-0.15, -0.1) is 0 Å². The van der Waals surface area contributed by atoms with E-state index in [1.807, 2.05) is 37.1 Å². The minimum Gasteiger partial charge on any atom is -0.370 e. The average molecular weight is 411 g/mol. The molecular formula is C22H30N6S. The molecule has 7 heteroatoms. The second-order valence-corrected chi connectivity index (χ2v) is 8.55. The number of thioether (sulfide) groups is 1. The molecule has 0 unspecified atom stereocenters. The van der Waals surface area contributed by atoms with E-state index in [2.05, 4.69) is 60.3 Å². The van der Waals surface area contributed by atoms with Crippen molar-refractivity contribution >= 4 is 29.2 Å². The summed E-state index contributed by atoms with van der Waals surface area (Å²) in [5.74, 6) is 4.49. The van der Waals surface area contributed by atoms with Crippen molar-refractivity contribution in [1.82, 2.24) is 15.2 Å². The lowest BCUT2D eigenvalue weighted by Gasteiger charge is -2.37. The van der Waals surface area contributed by atoms with Gasteiger partial charge in [0.15, 0.2) is 5.96 Å². The Labute approximate surface area is 178 Å². The van der Waals surface area contributed by atoms with Crippen LogP contribution in [-0.4, -0.2) is 73.7 Å². The first-order valence-corrected chi connectivity index (χ1v) is 11.5. The summed E-state index contributed by atoms with van der Waals surface area (Å²) in [6.45, 7) is 6.91. The third kappa shape index (κ3) is 5.15. The lowest BCUT2D eigenvalue weighted by atomic mass is 10.2. The lowest BCUT2D eigenvalue weighted by Crippen LogP contribution is -2.52. The third-order valence-corrected chi connectivity index (χ3v) is 6.47. The molecule has 0 saturated carbocycles. The fourth-order valence-electron chi connectivity index (χ4n) is 3.85. The van der Waals surface area contributed by atoms with Gasteiger partial charge in [-0.2, -0.15) is 11.8 Å². The molecule has 1 N–H and O–H groups in total. The van der Waals surface area contributed by atoms with E-state index in [0.29, 0.717) is 0 Å². The van der Waals surface area contributed by atoms with Crippen molar-refractivity contribution in [3.05, 3.63) is 54.2 Å². The number of hydrogen-bond donors (Lipinski definition) is 1. The van der Waals surface area contributed by atoms with Crippen molar-refractivity contribution in [3.8, 4) is 0 Å². The summed E-state index contributed by atoms with van der Waals surface area (Å²) in [4.78, 5) is 16.1. The van der Waals surface area contributed by atoms with Crippen LogP contribution >= 0.6 is 11.8 Å². The molecule has 4 rings (SSSR count). The number of guanidine groups is 1. The Morgan fingerprint density at radius 1 is 0.966 bits per heavy atom. The predicted octanol–water partition coefficient (Wildman–Crippen LogP) is 2.53. The van der Waals surface area contributed by atoms with Gasteiger partial charge in [-0.3, -0.25) is 4.99 Å². The zero-order chi connectivity index (χ0) is 19.9. The van der Waals surface area contributed by atoms with E-state index in [4.69, 9.17) is 0 Å². The molecular weight excluding hydrogens is 380 g/mol. The quantitative estimate of drug-likeness (QED) is 0.617. The number of aromatic nitrogens is 1. The smallest absolute Gasteiger partial charge is 0.194 e. The highest BCUT2D eigenvalue weighted by atomic mass is 32.2. The first-order chi connectivity index (χ1) is 14.3. The summed E-state index contributed by atoms with van der Waals surface area (Å²) < 4.78 is 0. The summed E-state index contributed by atoms with van der Waals surface area (Å²) in [6, 6.07) is 15.1. The van der Waals surface area contributed by atoms with Gasteiger partial charge in [0.2, 0.25) is 0 Å². The van der Waals surface area contributed by atoms with E-state index in [-0.39, 0.29) is 0 Å². The van der Waals surface area contributed by atoms with E-state index >= 15 is 0 Å². The summed E-state index contributed by atoms with van der Waals surface area (Å²) in [5.41, 5.74) is 2.62. The fourth-order valence-corrected chi connectivity index (χ4v) is 4.75. The van der Waals surface area contributed by atoms with E-state index in [9.17, 15) is 0 Å². The minimum atomic E-state index is 0.795. The Kier molecular flexibility index (Phi) is 6.77. The maximum absolute atomic E-state index is 4.50. The second kappa shape index (κ2) is 9.87. The van der Waals surface area contributed by atoms with E-state index < -0.39 is 0 Å². The molecule has 0 spiro atoms. The van der Waals surface area contributed by atoms with Gasteiger partial charge in [0, 0.05) is 76.3 Å². The molecule has 2 saturated heterocycles. The number of nitrogens with zero attached hydrogens (tertiary/aromatic N) is 5. The number of benzene rings is 1. The molecule has 2 aliphatic heterocycles. The number of nitrogens with one attached hydrogen (secondary N) is 1. The van der Waals surface area contributed by atoms with Gasteiger partial charge < -0.3 is 20.0 Å². The van der Waals surface area contributed by atoms with E-state index in [1.54, 1.807) is 0 Å². The molecule has 1 aromatic carbocycles. The van der Waals surface area contributed by atoms with Crippen LogP contribution < -0.4 is 15.1 Å². The Bertz CT molecular complexity index is 781. The molecule has 29 heavy (non-hydrogen) atoms. The van der Waals surface area contributed by atoms with Crippen molar-refractivity contribution < 1.29 is 0 Å². The number of rotatable bonds is 4. The van der Waals surface area contributed by atoms with Gasteiger partial charge in [-0.25, -0.2) is 4.98 Å². The summed E-state index contributed by atoms with van der Waals surface area (Å²) in [5, 5.41) is 3.53. The maximum Gasteiger partial charge on any atom is 0.194 e. The Balaban J connectivity index is 1.27. The van der Waals surface area contributed by atoms with Gasteiger partial charge in [-0.1, -0.05) is 18.2 Å². The van der Waals surface area contributed by atoms with Crippen molar-refractivity contribution in [1.29, 1.82) is 0 Å². The van der Waals surface area contributed by atoms with Crippen LogP contribution in [0, 0.1) is 0 Å². The zero-order valence-electron chi connectivity index (χ0n) is 17.1. The van der Waals surface area contributed by atoms with Gasteiger partial charge in [-0.05, 0) is 29.8 Å². The summed E-state index contributed by atoms with van der Waals surface area (Å²) in [7, 11) is 1.87. The van der Waals surface area contributed by atoms with Crippen molar-refractivity contribution in [2.45, 2.75) is 6.54 Å². The number of aliphatic imine (C=N–C) groups is 1. The summed E-state index contributed by atoms with van der Waals surface area (Å²) >= 11 is 2.05. The largest absolute Gasteiger partial charge is 0.370 e. The number of piperazine rings is 1. The molecule has 3 heterocycles. The molecule has 0 atom stereocenters. The molecule has 154 valence electrons. The maximum atomic E-state index is 4.50. The SMILES string of the molecule is CN=C(NCc1ccc(N2CCSCC2)cc1)N1CCN(c2ccccn2)CC1. The lowest BCUT2D eigenvalue weighted by molar-refractivity contribution is 0.371. The molecule has 1 aromatic heterocycles. The van der Waals surface area contributed by atoms with E-state index in [0.717, 1.165) is 57.6 Å². The second-order valence-electron chi connectivity index (χ2n) is 7.33. The first kappa shape index (κ1) is 19.9. The highest BCUT2D eigenvalue weighted by Crippen LogP contribution is 2.20. The Morgan fingerprint density at radius 2 is 1.72 bits per heavy atom. The van der Waals surface area contributed by atoms with Gasteiger partial charge >= 0.3 is 0 Å². The molecule has 0 radical (unpaired) electrons. The third-order valence-electron chi connectivity index (χ3n) is 5.53. The zero-order valence-corrected chi connectivity index (χ0v) is 17.9. The van der Waals surface area contributed by atoms with E-state index in [1.165, 1.54) is 22.8 Å². The molecule has 0 bridgehead atoms. The first-order valence-electron chi connectivity index (χ1n) is 10.4. The average Bonchev–Trinajstić information content (AvgIpc) is 2.81. The van der Waals surface area contributed by atoms with Crippen LogP contribution in [0.25, 0.3) is 0 Å². The van der Waals surface area contributed by atoms with Crippen LogP contribution in [0.15, 0.2) is 53.7 Å². The summed E-state index contributed by atoms with van der Waals surface area (Å²) in [6.07, 6.45) is 1.86. The Morgan fingerprint density at radius 3 is 2.38 bits per heavy atom. The highest BCUT2D eigenvalue weighted by molar-refractivity contribution is 7.99. The molecule has 2 aromatic rings. The van der Waals surface area contributed by atoms with Crippen LogP contribution in [0.3, 0.4) is 0 Å². The number of anilines is 2. The minimum absolute atomic E-state index is 0.795. The standard InChI is InChI=1S/C22H30N6S/c1-23-22(28-12-10-27(11-13-28)21-4-2-3-9-24-21)25-18-19-5-7-20(8-6-19)26-14-16-29-17-15-26/h2-9H,10-18H2,1H3,(H,23,25). The highest BCUT2D eigenvalue weighted by Gasteiger charge is 2.20. The van der Waals surface area contributed by atoms with Crippen molar-refractivity contribution in [2.24, 2.45) is 4.99 Å². The fraction of sp³-hybridized carbons (Fsp3) is 0.455. The monoisotopic (exact) mass is 410 g/mol. The molecule has 0 amide bonds. The van der Waals surface area contributed by atoms with Gasteiger partial charge in [0.25, 0.3) is 0 Å². The van der Waals surface area contributed by atoms with Gasteiger partial charge in [0.05, 0.1) is 0 Å². The van der Waals surface area contributed by atoms with Crippen molar-refractivity contribution in [2.75, 3.05) is 67.6 Å². The van der Waals surface area contributed by atoms with Crippen LogP contribution in [0.2, 0.25) is 0 Å². The van der Waals surface area contributed by atoms with Crippen LogP contribution in [0.5, 0.6) is 0 Å². The molecule has 6 nitrogen and oxygen atoms in total. The topological polar surface area (TPSA) is 47.0 Å². The Hall–Kier alpha value is -2.41. The van der Waals surface area contributed by atoms with Crippen LogP contribution in [-0.2, 0) is 6.54 Å². The molecule has 2 fully saturated rings. The molecule has 0 aliphatic carbocycles.